The van der Waals surface area contributed by atoms with Gasteiger partial charge in [-0.25, -0.2) is 0 Å². The van der Waals surface area contributed by atoms with E-state index in [0.717, 1.165) is 48.3 Å². The Morgan fingerprint density at radius 3 is 2.44 bits per heavy atom. The van der Waals surface area contributed by atoms with Crippen LogP contribution < -0.4 is 4.74 Å². The van der Waals surface area contributed by atoms with E-state index in [-0.39, 0.29) is 30.3 Å². The maximum Gasteiger partial charge on any atom is 0.416 e. The van der Waals surface area contributed by atoms with Crippen molar-refractivity contribution in [2.75, 3.05) is 13.7 Å². The summed E-state index contributed by atoms with van der Waals surface area (Å²) in [5.74, 6) is 7.21. The zero-order chi connectivity index (χ0) is 29.0. The maximum atomic E-state index is 13.0. The molecule has 0 bridgehead atoms. The highest BCUT2D eigenvalue weighted by molar-refractivity contribution is 5.93. The summed E-state index contributed by atoms with van der Waals surface area (Å²) in [6.07, 6.45) is 1.11. The molecule has 2 aromatic rings. The first kappa shape index (κ1) is 27.8. The number of carbonyl (C=O) groups is 1. The lowest BCUT2D eigenvalue weighted by Gasteiger charge is -2.42. The van der Waals surface area contributed by atoms with Gasteiger partial charge in [0.05, 0.1) is 19.3 Å². The van der Waals surface area contributed by atoms with Crippen LogP contribution in [0.1, 0.15) is 68.2 Å². The summed E-state index contributed by atoms with van der Waals surface area (Å²) in [5.41, 5.74) is 2.16. The minimum Gasteiger partial charge on any atom is -0.497 e. The van der Waals surface area contributed by atoms with Crippen LogP contribution in [0.3, 0.4) is 0 Å². The summed E-state index contributed by atoms with van der Waals surface area (Å²) in [6, 6.07) is 12.6. The molecule has 0 amide bonds. The molecule has 1 N–H and O–H groups in total. The third-order valence-corrected chi connectivity index (χ3v) is 9.76. The molecule has 0 radical (unpaired) electrons. The SMILES string of the molecule is COc1ccc([C@H]2OC[C@@]3(C)[C@@H](CC[C@@]3(O)C#Cc3ccc(C(F)(F)F)cc3)[C@@H]3CCC4=CC(=O)CCC4=C32)cc1. The molecule has 214 valence electrons. The Bertz CT molecular complexity index is 1480. The van der Waals surface area contributed by atoms with Crippen molar-refractivity contribution >= 4 is 5.78 Å². The number of alkyl halides is 3. The van der Waals surface area contributed by atoms with Crippen LogP contribution >= 0.6 is 0 Å². The Kier molecular flexibility index (Phi) is 6.91. The summed E-state index contributed by atoms with van der Waals surface area (Å²) in [7, 11) is 1.63. The van der Waals surface area contributed by atoms with Crippen molar-refractivity contribution in [3.63, 3.8) is 0 Å². The van der Waals surface area contributed by atoms with Gasteiger partial charge in [0.15, 0.2) is 5.78 Å². The number of fused-ring (bicyclic) bond motifs is 4. The number of hydrogen-bond acceptors (Lipinski definition) is 4. The summed E-state index contributed by atoms with van der Waals surface area (Å²) < 4.78 is 51.2. The smallest absolute Gasteiger partial charge is 0.416 e. The Hall–Kier alpha value is -3.34. The highest BCUT2D eigenvalue weighted by atomic mass is 19.4. The molecule has 7 heteroatoms. The predicted molar refractivity (Wildman–Crippen MR) is 148 cm³/mol. The summed E-state index contributed by atoms with van der Waals surface area (Å²) in [4.78, 5) is 12.3. The number of halogens is 3. The van der Waals surface area contributed by atoms with Crippen molar-refractivity contribution in [2.24, 2.45) is 17.3 Å². The van der Waals surface area contributed by atoms with Crippen molar-refractivity contribution in [2.45, 2.75) is 63.3 Å². The van der Waals surface area contributed by atoms with E-state index in [2.05, 4.69) is 11.8 Å². The molecule has 3 aliphatic carbocycles. The molecule has 0 spiro atoms. The lowest BCUT2D eigenvalue weighted by molar-refractivity contribution is -0.137. The fourth-order valence-electron chi connectivity index (χ4n) is 7.45. The molecule has 2 aromatic carbocycles. The van der Waals surface area contributed by atoms with Gasteiger partial charge in [0, 0.05) is 17.4 Å². The average Bonchev–Trinajstić information content (AvgIpc) is 3.13. The third kappa shape index (κ3) is 4.81. The molecular formula is C34H33F3O4. The molecule has 1 aliphatic heterocycles. The van der Waals surface area contributed by atoms with E-state index < -0.39 is 22.8 Å². The topological polar surface area (TPSA) is 55.8 Å². The largest absolute Gasteiger partial charge is 0.497 e. The molecular weight excluding hydrogens is 529 g/mol. The van der Waals surface area contributed by atoms with Crippen molar-refractivity contribution in [3.8, 4) is 17.6 Å². The van der Waals surface area contributed by atoms with Crippen LogP contribution in [0.5, 0.6) is 5.75 Å². The van der Waals surface area contributed by atoms with Crippen molar-refractivity contribution in [1.82, 2.24) is 0 Å². The first-order chi connectivity index (χ1) is 19.5. The highest BCUT2D eigenvalue weighted by Gasteiger charge is 2.61. The van der Waals surface area contributed by atoms with E-state index in [1.165, 1.54) is 23.3 Å². The van der Waals surface area contributed by atoms with Gasteiger partial charge in [0.25, 0.3) is 0 Å². The van der Waals surface area contributed by atoms with E-state index in [1.54, 1.807) is 13.2 Å². The molecule has 4 aliphatic rings. The zero-order valence-corrected chi connectivity index (χ0v) is 23.2. The second-order valence-electron chi connectivity index (χ2n) is 11.9. The molecule has 1 heterocycles. The van der Waals surface area contributed by atoms with Gasteiger partial charge in [-0.1, -0.05) is 30.9 Å². The van der Waals surface area contributed by atoms with Gasteiger partial charge < -0.3 is 14.6 Å². The van der Waals surface area contributed by atoms with Gasteiger partial charge in [-0.3, -0.25) is 4.79 Å². The second kappa shape index (κ2) is 10.2. The first-order valence-corrected chi connectivity index (χ1v) is 14.2. The molecule has 4 nitrogen and oxygen atoms in total. The highest BCUT2D eigenvalue weighted by Crippen LogP contribution is 2.61. The van der Waals surface area contributed by atoms with Crippen molar-refractivity contribution in [1.29, 1.82) is 0 Å². The number of methoxy groups -OCH3 is 1. The number of hydrogen-bond donors (Lipinski definition) is 1. The molecule has 6 rings (SSSR count). The summed E-state index contributed by atoms with van der Waals surface area (Å²) in [5, 5.41) is 12.1. The van der Waals surface area contributed by atoms with Gasteiger partial charge >= 0.3 is 6.18 Å². The van der Waals surface area contributed by atoms with E-state index in [4.69, 9.17) is 9.47 Å². The quantitative estimate of drug-likeness (QED) is 0.402. The normalized spacial score (nSPS) is 31.2. The molecule has 2 fully saturated rings. The predicted octanol–water partition coefficient (Wildman–Crippen LogP) is 6.98. The minimum atomic E-state index is -4.42. The average molecular weight is 563 g/mol. The monoisotopic (exact) mass is 562 g/mol. The molecule has 1 saturated carbocycles. The van der Waals surface area contributed by atoms with Crippen LogP contribution in [-0.2, 0) is 15.7 Å². The van der Waals surface area contributed by atoms with Crippen molar-refractivity contribution < 1.29 is 32.5 Å². The maximum absolute atomic E-state index is 13.0. The number of ether oxygens (including phenoxy) is 2. The van der Waals surface area contributed by atoms with Gasteiger partial charge in [-0.15, -0.1) is 0 Å². The van der Waals surface area contributed by atoms with Crippen LogP contribution in [0.15, 0.2) is 71.3 Å². The lowest BCUT2D eigenvalue weighted by Crippen LogP contribution is -2.48. The Morgan fingerprint density at radius 1 is 1.02 bits per heavy atom. The van der Waals surface area contributed by atoms with E-state index in [1.807, 2.05) is 31.2 Å². The van der Waals surface area contributed by atoms with Gasteiger partial charge in [-0.2, -0.15) is 13.2 Å². The van der Waals surface area contributed by atoms with Crippen LogP contribution in [0, 0.1) is 29.1 Å². The number of ketones is 1. The fraction of sp³-hybridized carbons (Fsp3) is 0.441. The number of allylic oxidation sites excluding steroid dienone is 3. The standard InChI is InChI=1S/C34H33F3O4/c1-32-20-41-31(22-5-11-26(40-2)12-6-22)30-27-14-10-25(38)19-23(27)7-13-28(30)29(32)16-18-33(32,39)17-15-21-3-8-24(9-4-21)34(35,36)37/h3-6,8-9,11-12,19,28-29,31,39H,7,10,13-14,16,18,20H2,1-2H3/t28-,29-,31+,32-,33-/m0/s1. The first-order valence-electron chi connectivity index (χ1n) is 14.2. The number of aliphatic hydroxyl groups is 1. The Balaban J connectivity index is 1.40. The van der Waals surface area contributed by atoms with Crippen LogP contribution in [0.25, 0.3) is 0 Å². The third-order valence-electron chi connectivity index (χ3n) is 9.76. The lowest BCUT2D eigenvalue weighted by atomic mass is 9.61. The van der Waals surface area contributed by atoms with Gasteiger partial charge in [0.2, 0.25) is 0 Å². The number of carbonyl (C=O) groups excluding carboxylic acids is 1. The number of benzene rings is 2. The van der Waals surface area contributed by atoms with E-state index in [9.17, 15) is 23.1 Å². The van der Waals surface area contributed by atoms with Crippen LogP contribution in [0.2, 0.25) is 0 Å². The van der Waals surface area contributed by atoms with Crippen LogP contribution in [-0.4, -0.2) is 30.2 Å². The second-order valence-corrected chi connectivity index (χ2v) is 11.9. The molecule has 0 aromatic heterocycles. The van der Waals surface area contributed by atoms with E-state index in [0.29, 0.717) is 24.8 Å². The zero-order valence-electron chi connectivity index (χ0n) is 23.2. The van der Waals surface area contributed by atoms with Crippen LogP contribution in [0.4, 0.5) is 13.2 Å². The van der Waals surface area contributed by atoms with Crippen molar-refractivity contribution in [3.05, 3.63) is 88.0 Å². The molecule has 1 saturated heterocycles. The summed E-state index contributed by atoms with van der Waals surface area (Å²) in [6.45, 7) is 2.32. The van der Waals surface area contributed by atoms with Gasteiger partial charge in [0.1, 0.15) is 17.5 Å². The molecule has 0 unspecified atom stereocenters. The van der Waals surface area contributed by atoms with Gasteiger partial charge in [-0.05, 0) is 109 Å². The van der Waals surface area contributed by atoms with E-state index >= 15 is 0 Å². The number of rotatable bonds is 2. The Morgan fingerprint density at radius 2 is 1.76 bits per heavy atom. The Labute approximate surface area is 238 Å². The molecule has 41 heavy (non-hydrogen) atoms. The summed E-state index contributed by atoms with van der Waals surface area (Å²) >= 11 is 0. The minimum absolute atomic E-state index is 0.0966. The fourth-order valence-corrected chi connectivity index (χ4v) is 7.45. The molecule has 5 atom stereocenters.